The van der Waals surface area contributed by atoms with Crippen molar-refractivity contribution >= 4 is 33.2 Å². The molecule has 0 aromatic heterocycles. The van der Waals surface area contributed by atoms with E-state index >= 15 is 0 Å². The van der Waals surface area contributed by atoms with E-state index in [1.807, 2.05) is 55.5 Å². The van der Waals surface area contributed by atoms with E-state index in [2.05, 4.69) is 10.0 Å². The van der Waals surface area contributed by atoms with Gasteiger partial charge in [0.05, 0.1) is 9.92 Å². The largest absolute Gasteiger partial charge is 0.482 e. The zero-order valence-electron chi connectivity index (χ0n) is 17.1. The molecule has 2 N–H and O–H groups in total. The van der Waals surface area contributed by atoms with Gasteiger partial charge >= 0.3 is 0 Å². The van der Waals surface area contributed by atoms with Crippen LogP contribution < -0.4 is 14.8 Å². The highest BCUT2D eigenvalue weighted by atomic mass is 35.5. The minimum Gasteiger partial charge on any atom is -0.482 e. The second-order valence-electron chi connectivity index (χ2n) is 7.00. The molecule has 162 valence electrons. The van der Waals surface area contributed by atoms with Gasteiger partial charge in [0.1, 0.15) is 5.75 Å². The third-order valence-corrected chi connectivity index (χ3v) is 6.46. The lowest BCUT2D eigenvalue weighted by molar-refractivity contribution is -0.118. The summed E-state index contributed by atoms with van der Waals surface area (Å²) in [6.07, 6.45) is 0. The molecule has 1 atom stereocenters. The van der Waals surface area contributed by atoms with Crippen LogP contribution in [0.15, 0.2) is 77.7 Å². The average molecular weight is 459 g/mol. The molecule has 0 radical (unpaired) electrons. The van der Waals surface area contributed by atoms with Crippen molar-refractivity contribution in [3.8, 4) is 5.75 Å². The molecule has 0 aliphatic heterocycles. The van der Waals surface area contributed by atoms with Gasteiger partial charge in [-0.05, 0) is 49.2 Å². The number of halogens is 1. The highest BCUT2D eigenvalue weighted by Gasteiger charge is 2.20. The van der Waals surface area contributed by atoms with Gasteiger partial charge in [-0.25, -0.2) is 13.1 Å². The Morgan fingerprint density at radius 1 is 1.03 bits per heavy atom. The Balaban J connectivity index is 1.64. The summed E-state index contributed by atoms with van der Waals surface area (Å²) in [7, 11) is -3.79. The summed E-state index contributed by atoms with van der Waals surface area (Å²) in [4.78, 5) is 12.2. The summed E-state index contributed by atoms with van der Waals surface area (Å²) in [5.41, 5.74) is 2.47. The number of hydrogen-bond acceptors (Lipinski definition) is 4. The Hall–Kier alpha value is -2.87. The normalized spacial score (nSPS) is 12.2. The van der Waals surface area contributed by atoms with Gasteiger partial charge in [-0.1, -0.05) is 60.1 Å². The van der Waals surface area contributed by atoms with Gasteiger partial charge in [-0.3, -0.25) is 4.79 Å². The number of aryl methyl sites for hydroxylation is 1. The van der Waals surface area contributed by atoms with Crippen LogP contribution in [0.25, 0.3) is 0 Å². The Morgan fingerprint density at radius 3 is 2.39 bits per heavy atom. The number of ether oxygens (including phenoxy) is 1. The Morgan fingerprint density at radius 2 is 1.71 bits per heavy atom. The van der Waals surface area contributed by atoms with Crippen molar-refractivity contribution < 1.29 is 17.9 Å². The molecule has 0 unspecified atom stereocenters. The fourth-order valence-corrected chi connectivity index (χ4v) is 4.48. The standard InChI is InChI=1S/C23H23ClN2O4S/c1-16-8-6-7-11-21(16)25-23(27)15-30-22-13-12-19(14-20(22)24)31(28,29)26-17(2)18-9-4-3-5-10-18/h3-14,17,26H,15H2,1-2H3,(H,25,27)/t17-/m1/s1. The minimum absolute atomic E-state index is 0.0111. The quantitative estimate of drug-likeness (QED) is 0.512. The molecule has 1 amide bonds. The molecule has 3 rings (SSSR count). The molecule has 3 aromatic carbocycles. The molecule has 0 fully saturated rings. The van der Waals surface area contributed by atoms with Gasteiger partial charge in [-0.2, -0.15) is 0 Å². The van der Waals surface area contributed by atoms with Gasteiger partial charge in [-0.15, -0.1) is 0 Å². The topological polar surface area (TPSA) is 84.5 Å². The first-order valence-electron chi connectivity index (χ1n) is 9.61. The Bertz CT molecular complexity index is 1170. The van der Waals surface area contributed by atoms with Crippen molar-refractivity contribution in [3.05, 3.63) is 88.9 Å². The monoisotopic (exact) mass is 458 g/mol. The van der Waals surface area contributed by atoms with E-state index in [1.54, 1.807) is 13.0 Å². The highest BCUT2D eigenvalue weighted by molar-refractivity contribution is 7.89. The number of para-hydroxylation sites is 1. The Kier molecular flexibility index (Phi) is 7.33. The lowest BCUT2D eigenvalue weighted by Gasteiger charge is -2.15. The summed E-state index contributed by atoms with van der Waals surface area (Å²) in [5.74, 6) is -0.128. The molecule has 0 aliphatic rings. The van der Waals surface area contributed by atoms with Crippen molar-refractivity contribution in [1.29, 1.82) is 0 Å². The number of hydrogen-bond donors (Lipinski definition) is 2. The summed E-state index contributed by atoms with van der Waals surface area (Å²) in [6, 6.07) is 20.4. The molecule has 0 heterocycles. The SMILES string of the molecule is Cc1ccccc1NC(=O)COc1ccc(S(=O)(=O)N[C@H](C)c2ccccc2)cc1Cl. The fourth-order valence-electron chi connectivity index (χ4n) is 2.92. The van der Waals surface area contributed by atoms with Gasteiger partial charge in [0.25, 0.3) is 5.91 Å². The van der Waals surface area contributed by atoms with E-state index in [9.17, 15) is 13.2 Å². The molecular weight excluding hydrogens is 436 g/mol. The molecule has 0 saturated carbocycles. The number of carbonyl (C=O) groups is 1. The van der Waals surface area contributed by atoms with Crippen LogP contribution in [-0.2, 0) is 14.8 Å². The first-order chi connectivity index (χ1) is 14.8. The van der Waals surface area contributed by atoms with Crippen molar-refractivity contribution in [3.63, 3.8) is 0 Å². The number of rotatable bonds is 8. The molecule has 8 heteroatoms. The predicted octanol–water partition coefficient (Wildman–Crippen LogP) is 4.71. The van der Waals surface area contributed by atoms with Crippen LogP contribution in [-0.4, -0.2) is 20.9 Å². The maximum atomic E-state index is 12.7. The number of benzene rings is 3. The second kappa shape index (κ2) is 9.96. The highest BCUT2D eigenvalue weighted by Crippen LogP contribution is 2.28. The van der Waals surface area contributed by atoms with E-state index in [1.165, 1.54) is 18.2 Å². The molecular formula is C23H23ClN2O4S. The van der Waals surface area contributed by atoms with E-state index in [0.717, 1.165) is 11.1 Å². The van der Waals surface area contributed by atoms with Crippen LogP contribution in [0.4, 0.5) is 5.69 Å². The summed E-state index contributed by atoms with van der Waals surface area (Å²) < 4.78 is 33.5. The summed E-state index contributed by atoms with van der Waals surface area (Å²) in [5, 5.41) is 2.86. The third kappa shape index (κ3) is 6.07. The molecule has 31 heavy (non-hydrogen) atoms. The number of carbonyl (C=O) groups excluding carboxylic acids is 1. The van der Waals surface area contributed by atoms with Crippen LogP contribution in [0, 0.1) is 6.92 Å². The summed E-state index contributed by atoms with van der Waals surface area (Å²) >= 11 is 6.21. The lowest BCUT2D eigenvalue weighted by Crippen LogP contribution is -2.27. The Labute approximate surface area is 187 Å². The van der Waals surface area contributed by atoms with E-state index in [0.29, 0.717) is 5.69 Å². The second-order valence-corrected chi connectivity index (χ2v) is 9.12. The van der Waals surface area contributed by atoms with Crippen LogP contribution in [0.2, 0.25) is 5.02 Å². The molecule has 0 bridgehead atoms. The van der Waals surface area contributed by atoms with Crippen LogP contribution in [0.3, 0.4) is 0 Å². The average Bonchev–Trinajstić information content (AvgIpc) is 2.75. The molecule has 0 saturated heterocycles. The third-order valence-electron chi connectivity index (χ3n) is 4.62. The first-order valence-corrected chi connectivity index (χ1v) is 11.5. The summed E-state index contributed by atoms with van der Waals surface area (Å²) in [6.45, 7) is 3.39. The molecule has 0 spiro atoms. The maximum Gasteiger partial charge on any atom is 0.262 e. The van der Waals surface area contributed by atoms with E-state index in [-0.39, 0.29) is 28.2 Å². The van der Waals surface area contributed by atoms with Gasteiger partial charge < -0.3 is 10.1 Å². The first kappa shape index (κ1) is 22.8. The van der Waals surface area contributed by atoms with Crippen molar-refractivity contribution in [2.45, 2.75) is 24.8 Å². The maximum absolute atomic E-state index is 12.7. The van der Waals surface area contributed by atoms with Crippen molar-refractivity contribution in [2.24, 2.45) is 0 Å². The van der Waals surface area contributed by atoms with Crippen molar-refractivity contribution in [1.82, 2.24) is 4.72 Å². The fraction of sp³-hybridized carbons (Fsp3) is 0.174. The van der Waals surface area contributed by atoms with Crippen molar-refractivity contribution in [2.75, 3.05) is 11.9 Å². The predicted molar refractivity (Wildman–Crippen MR) is 122 cm³/mol. The molecule has 6 nitrogen and oxygen atoms in total. The zero-order valence-corrected chi connectivity index (χ0v) is 18.7. The van der Waals surface area contributed by atoms with Crippen LogP contribution in [0.1, 0.15) is 24.1 Å². The molecule has 3 aromatic rings. The van der Waals surface area contributed by atoms with E-state index < -0.39 is 16.1 Å². The minimum atomic E-state index is -3.79. The van der Waals surface area contributed by atoms with Crippen LogP contribution >= 0.6 is 11.6 Å². The van der Waals surface area contributed by atoms with Crippen LogP contribution in [0.5, 0.6) is 5.75 Å². The van der Waals surface area contributed by atoms with E-state index in [4.69, 9.17) is 16.3 Å². The van der Waals surface area contributed by atoms with Gasteiger partial charge in [0.2, 0.25) is 10.0 Å². The number of nitrogens with one attached hydrogen (secondary N) is 2. The molecule has 0 aliphatic carbocycles. The smallest absolute Gasteiger partial charge is 0.262 e. The number of sulfonamides is 1. The van der Waals surface area contributed by atoms with Gasteiger partial charge in [0, 0.05) is 11.7 Å². The zero-order chi connectivity index (χ0) is 22.4. The number of anilines is 1. The van der Waals surface area contributed by atoms with Gasteiger partial charge in [0.15, 0.2) is 6.61 Å². The number of amides is 1. The lowest BCUT2D eigenvalue weighted by atomic mass is 10.1.